The van der Waals surface area contributed by atoms with Crippen LogP contribution in [0.3, 0.4) is 0 Å². The Morgan fingerprint density at radius 1 is 0.356 bits per heavy atom. The second-order valence-corrected chi connectivity index (χ2v) is 12.8. The van der Waals surface area contributed by atoms with E-state index in [1.807, 2.05) is 11.3 Å². The molecule has 3 heterocycles. The first kappa shape index (κ1) is 24.8. The summed E-state index contributed by atoms with van der Waals surface area (Å²) in [6.45, 7) is 0. The van der Waals surface area contributed by atoms with Crippen molar-refractivity contribution in [2.75, 3.05) is 0 Å². The van der Waals surface area contributed by atoms with Crippen LogP contribution in [0.25, 0.3) is 86.3 Å². The van der Waals surface area contributed by atoms with Crippen LogP contribution in [0.15, 0.2) is 158 Å². The van der Waals surface area contributed by atoms with Gasteiger partial charge in [0.05, 0.1) is 27.8 Å². The van der Waals surface area contributed by atoms with Crippen LogP contribution >= 0.6 is 11.3 Å². The van der Waals surface area contributed by atoms with Crippen LogP contribution in [0.5, 0.6) is 0 Å². The molecule has 0 amide bonds. The first-order valence-corrected chi connectivity index (χ1v) is 16.2. The van der Waals surface area contributed by atoms with E-state index in [0.29, 0.717) is 0 Å². The fourth-order valence-electron chi connectivity index (χ4n) is 7.37. The molecule has 0 unspecified atom stereocenters. The van der Waals surface area contributed by atoms with Crippen LogP contribution in [-0.4, -0.2) is 9.13 Å². The molecule has 0 saturated carbocycles. The van der Waals surface area contributed by atoms with Gasteiger partial charge in [0.1, 0.15) is 0 Å². The zero-order chi connectivity index (χ0) is 29.5. The summed E-state index contributed by atoms with van der Waals surface area (Å²) in [5.41, 5.74) is 9.65. The SMILES string of the molecule is c1cc(-c2ccccc2-n2c3ccccc3c3ccccc32)cc(-n2c3ccccc3c3cc4c(cc32)sc2ccccc24)c1. The predicted molar refractivity (Wildman–Crippen MR) is 193 cm³/mol. The highest BCUT2D eigenvalue weighted by atomic mass is 32.1. The van der Waals surface area contributed by atoms with Crippen molar-refractivity contribution in [3.05, 3.63) is 158 Å². The second-order valence-electron chi connectivity index (χ2n) is 11.8. The maximum absolute atomic E-state index is 2.45. The maximum Gasteiger partial charge on any atom is 0.0555 e. The first-order valence-electron chi connectivity index (χ1n) is 15.4. The van der Waals surface area contributed by atoms with Crippen molar-refractivity contribution in [3.8, 4) is 22.5 Å². The number of fused-ring (bicyclic) bond motifs is 9. The summed E-state index contributed by atoms with van der Waals surface area (Å²) in [7, 11) is 0. The highest BCUT2D eigenvalue weighted by Gasteiger charge is 2.18. The summed E-state index contributed by atoms with van der Waals surface area (Å²) in [5.74, 6) is 0. The number of aromatic nitrogens is 2. The minimum absolute atomic E-state index is 1.16. The molecule has 0 bridgehead atoms. The van der Waals surface area contributed by atoms with E-state index < -0.39 is 0 Å². The maximum atomic E-state index is 2.45. The summed E-state index contributed by atoms with van der Waals surface area (Å²) in [4.78, 5) is 0. The molecule has 0 spiro atoms. The lowest BCUT2D eigenvalue weighted by Crippen LogP contribution is -1.98. The smallest absolute Gasteiger partial charge is 0.0555 e. The van der Waals surface area contributed by atoms with Gasteiger partial charge in [0.25, 0.3) is 0 Å². The normalized spacial score (nSPS) is 12.0. The third kappa shape index (κ3) is 3.56. The molecule has 45 heavy (non-hydrogen) atoms. The van der Waals surface area contributed by atoms with E-state index >= 15 is 0 Å². The largest absolute Gasteiger partial charge is 0.309 e. The third-order valence-corrected chi connectivity index (χ3v) is 10.4. The van der Waals surface area contributed by atoms with Gasteiger partial charge in [-0.25, -0.2) is 0 Å². The fourth-order valence-corrected chi connectivity index (χ4v) is 8.49. The standard InChI is InChI=1S/C42H26N2S/c1-6-19-36(44-38-21-8-2-15-30(38)31-16-3-9-22-39(31)44)29(14-1)27-12-11-13-28(24-27)43-37-20-7-4-17-32(37)34-25-35-33-18-5-10-23-41(33)45-42(35)26-40(34)43/h1-26H. The van der Waals surface area contributed by atoms with Crippen LogP contribution in [0, 0.1) is 0 Å². The minimum Gasteiger partial charge on any atom is -0.309 e. The summed E-state index contributed by atoms with van der Waals surface area (Å²) in [6, 6.07) is 57.7. The van der Waals surface area contributed by atoms with Crippen LogP contribution < -0.4 is 0 Å². The molecule has 0 N–H and O–H groups in total. The average molecular weight is 591 g/mol. The van der Waals surface area contributed by atoms with Gasteiger partial charge in [0.15, 0.2) is 0 Å². The number of rotatable bonds is 3. The first-order chi connectivity index (χ1) is 22.3. The molecule has 0 aliphatic rings. The molecule has 10 aromatic rings. The number of para-hydroxylation sites is 4. The molecule has 0 atom stereocenters. The quantitative estimate of drug-likeness (QED) is 0.194. The number of thiophene rings is 1. The number of hydrogen-bond donors (Lipinski definition) is 0. The van der Waals surface area contributed by atoms with Crippen molar-refractivity contribution < 1.29 is 0 Å². The molecule has 3 aromatic heterocycles. The molecule has 10 rings (SSSR count). The summed E-state index contributed by atoms with van der Waals surface area (Å²) < 4.78 is 7.52. The van der Waals surface area contributed by atoms with Crippen molar-refractivity contribution in [2.24, 2.45) is 0 Å². The molecule has 3 heteroatoms. The monoisotopic (exact) mass is 590 g/mol. The number of hydrogen-bond acceptors (Lipinski definition) is 1. The van der Waals surface area contributed by atoms with E-state index in [4.69, 9.17) is 0 Å². The zero-order valence-electron chi connectivity index (χ0n) is 24.3. The van der Waals surface area contributed by atoms with Crippen LogP contribution in [0.4, 0.5) is 0 Å². The van der Waals surface area contributed by atoms with Gasteiger partial charge < -0.3 is 9.13 Å². The summed E-state index contributed by atoms with van der Waals surface area (Å²) >= 11 is 1.88. The Labute approximate surface area is 263 Å². The lowest BCUT2D eigenvalue weighted by molar-refractivity contribution is 1.17. The van der Waals surface area contributed by atoms with Gasteiger partial charge in [-0.15, -0.1) is 11.3 Å². The third-order valence-electron chi connectivity index (χ3n) is 9.31. The Kier molecular flexibility index (Phi) is 5.19. The van der Waals surface area contributed by atoms with E-state index in [-0.39, 0.29) is 0 Å². The highest BCUT2D eigenvalue weighted by Crippen LogP contribution is 2.41. The van der Waals surface area contributed by atoms with Gasteiger partial charge in [0, 0.05) is 53.0 Å². The van der Waals surface area contributed by atoms with Gasteiger partial charge in [-0.3, -0.25) is 0 Å². The van der Waals surface area contributed by atoms with E-state index in [2.05, 4.69) is 167 Å². The Balaban J connectivity index is 1.22. The fraction of sp³-hybridized carbons (Fsp3) is 0. The van der Waals surface area contributed by atoms with Crippen molar-refractivity contribution in [2.45, 2.75) is 0 Å². The summed E-state index contributed by atoms with van der Waals surface area (Å²) in [5, 5.41) is 7.78. The van der Waals surface area contributed by atoms with Crippen molar-refractivity contribution in [1.82, 2.24) is 9.13 Å². The van der Waals surface area contributed by atoms with Crippen molar-refractivity contribution >= 4 is 75.1 Å². The molecular weight excluding hydrogens is 565 g/mol. The minimum atomic E-state index is 1.16. The Hall–Kier alpha value is -5.64. The van der Waals surface area contributed by atoms with Gasteiger partial charge in [-0.2, -0.15) is 0 Å². The van der Waals surface area contributed by atoms with E-state index in [1.54, 1.807) is 0 Å². The Morgan fingerprint density at radius 3 is 1.71 bits per heavy atom. The average Bonchev–Trinajstić information content (AvgIpc) is 3.74. The zero-order valence-corrected chi connectivity index (χ0v) is 25.1. The number of benzene rings is 7. The van der Waals surface area contributed by atoms with Gasteiger partial charge in [0.2, 0.25) is 0 Å². The molecule has 7 aromatic carbocycles. The highest BCUT2D eigenvalue weighted by molar-refractivity contribution is 7.25. The number of nitrogens with zero attached hydrogens (tertiary/aromatic N) is 2. The molecule has 0 saturated heterocycles. The lowest BCUT2D eigenvalue weighted by Gasteiger charge is -2.15. The van der Waals surface area contributed by atoms with Crippen molar-refractivity contribution in [1.29, 1.82) is 0 Å². The molecule has 0 aliphatic heterocycles. The molecule has 2 nitrogen and oxygen atoms in total. The second kappa shape index (κ2) is 9.43. The van der Waals surface area contributed by atoms with Crippen LogP contribution in [0.1, 0.15) is 0 Å². The molecule has 0 radical (unpaired) electrons. The van der Waals surface area contributed by atoms with Gasteiger partial charge in [-0.1, -0.05) is 103 Å². The molecule has 210 valence electrons. The Morgan fingerprint density at radius 2 is 0.956 bits per heavy atom. The molecule has 0 aliphatic carbocycles. The Bertz CT molecular complexity index is 2720. The topological polar surface area (TPSA) is 9.86 Å². The summed E-state index contributed by atoms with van der Waals surface area (Å²) in [6.07, 6.45) is 0. The van der Waals surface area contributed by atoms with E-state index in [9.17, 15) is 0 Å². The molecule has 0 fully saturated rings. The van der Waals surface area contributed by atoms with E-state index in [0.717, 1.165) is 5.69 Å². The van der Waals surface area contributed by atoms with Gasteiger partial charge >= 0.3 is 0 Å². The van der Waals surface area contributed by atoms with Crippen LogP contribution in [-0.2, 0) is 0 Å². The van der Waals surface area contributed by atoms with Crippen molar-refractivity contribution in [3.63, 3.8) is 0 Å². The van der Waals surface area contributed by atoms with Crippen LogP contribution in [0.2, 0.25) is 0 Å². The van der Waals surface area contributed by atoms with E-state index in [1.165, 1.54) is 80.6 Å². The lowest BCUT2D eigenvalue weighted by atomic mass is 10.0. The molecular formula is C42H26N2S. The van der Waals surface area contributed by atoms with Gasteiger partial charge in [-0.05, 0) is 60.2 Å². The predicted octanol–water partition coefficient (Wildman–Crippen LogP) is 11.9.